The van der Waals surface area contributed by atoms with Gasteiger partial charge >= 0.3 is 0 Å². The smallest absolute Gasteiger partial charge is 0.250 e. The van der Waals surface area contributed by atoms with Gasteiger partial charge in [-0.1, -0.05) is 242 Å². The molecule has 11 rings (SSSR count). The Bertz CT molecular complexity index is 2100. The molecule has 0 fully saturated rings. The Morgan fingerprint density at radius 1 is 0.392 bits per heavy atom. The second-order valence-corrected chi connectivity index (χ2v) is 26.6. The molecule has 0 spiro atoms. The van der Waals surface area contributed by atoms with E-state index in [4.69, 9.17) is 0 Å². The molecule has 0 saturated carbocycles. The summed E-state index contributed by atoms with van der Waals surface area (Å²) >= 11 is 3.73. The van der Waals surface area contributed by atoms with Crippen LogP contribution in [-0.2, 0) is 0 Å². The average molecular weight is 1420 g/mol. The van der Waals surface area contributed by atoms with Crippen molar-refractivity contribution in [2.75, 3.05) is 0 Å². The summed E-state index contributed by atoms with van der Waals surface area (Å²) in [6.07, 6.45) is 24.6. The molecule has 11 aromatic heterocycles. The van der Waals surface area contributed by atoms with E-state index in [1.54, 1.807) is 43.2 Å². The quantitative estimate of drug-likeness (QED) is 0.172. The van der Waals surface area contributed by atoms with Gasteiger partial charge < -0.3 is 18.0 Å². The molecule has 1 N–H and O–H groups in total. The summed E-state index contributed by atoms with van der Waals surface area (Å²) in [6.45, 7) is 64.3. The van der Waals surface area contributed by atoms with Crippen molar-refractivity contribution in [3.05, 3.63) is 141 Å². The number of nitrogens with zero attached hydrogens (tertiary/aromatic N) is 23. The Labute approximate surface area is 592 Å². The highest BCUT2D eigenvalue weighted by molar-refractivity contribution is 7.05. The van der Waals surface area contributed by atoms with Crippen molar-refractivity contribution in [1.82, 2.24) is 120 Å². The zero-order valence-corrected chi connectivity index (χ0v) is 66.3. The van der Waals surface area contributed by atoms with Gasteiger partial charge in [-0.15, -0.1) is 15.3 Å². The van der Waals surface area contributed by atoms with Crippen LogP contribution in [-0.4, -0.2) is 120 Å². The molecule has 0 aliphatic rings. The van der Waals surface area contributed by atoms with Gasteiger partial charge in [-0.3, -0.25) is 5.10 Å². The Morgan fingerprint density at radius 3 is 1.09 bits per heavy atom. The molecule has 11 heterocycles. The highest BCUT2D eigenvalue weighted by Gasteiger charge is 2.03. The van der Waals surface area contributed by atoms with Crippen molar-refractivity contribution in [3.63, 3.8) is 0 Å². The highest BCUT2D eigenvalue weighted by Crippen LogP contribution is 2.12. The van der Waals surface area contributed by atoms with E-state index in [9.17, 15) is 0 Å². The van der Waals surface area contributed by atoms with Crippen molar-refractivity contribution in [3.8, 4) is 0 Å². The summed E-state index contributed by atoms with van der Waals surface area (Å²) in [4.78, 5) is 3.56. The summed E-state index contributed by atoms with van der Waals surface area (Å²) in [5.74, 6) is 8.53. The molecule has 552 valence electrons. The molecule has 0 radical (unpaired) electrons. The Hall–Kier alpha value is -8.33. The number of rotatable bonds is 3. The van der Waals surface area contributed by atoms with Crippen molar-refractivity contribution in [2.24, 2.45) is 47.3 Å². The molecule has 0 aromatic carbocycles. The normalized spacial score (nSPS) is 8.92. The third-order valence-electron chi connectivity index (χ3n) is 5.19. The molecule has 33 heteroatoms. The number of hydrogen-bond acceptors (Lipinski definition) is 32. The molecule has 0 aliphatic heterocycles. The first-order chi connectivity index (χ1) is 45.8. The Balaban J connectivity index is -0.000000144. The lowest BCUT2D eigenvalue weighted by Crippen LogP contribution is -1.85. The molecular formula is C64H122N24O6S3. The summed E-state index contributed by atoms with van der Waals surface area (Å²) in [7, 11) is 0. The van der Waals surface area contributed by atoms with Gasteiger partial charge in [0, 0.05) is 53.4 Å². The van der Waals surface area contributed by atoms with Gasteiger partial charge in [0.1, 0.15) is 23.8 Å². The van der Waals surface area contributed by atoms with Gasteiger partial charge in [-0.2, -0.15) is 28.4 Å². The molecule has 0 bridgehead atoms. The SMILES string of the molecule is CC(C)C.CC(C)C.CC(C)C.CC(C)C.CC(C)C.CC(C)C.CC(C)C.CC(C)C.CC(C)c1cnsn1.CC(C)c1nnno1.CC(C)c1nnns1.c1ccnnc1.c1cn[nH]c1.c1cnoc1.c1cnon1.c1cocn1.c1conn1.c1nnon1.c1nnsn1. The van der Waals surface area contributed by atoms with Gasteiger partial charge in [0.15, 0.2) is 19.0 Å². The monoisotopic (exact) mass is 1420 g/mol. The van der Waals surface area contributed by atoms with E-state index in [0.717, 1.165) is 69.8 Å². The lowest BCUT2D eigenvalue weighted by molar-refractivity contribution is 0.292. The van der Waals surface area contributed by atoms with Gasteiger partial charge in [0.25, 0.3) is 5.89 Å². The molecule has 30 nitrogen and oxygen atoms in total. The predicted octanol–water partition coefficient (Wildman–Crippen LogP) is 18.4. The Morgan fingerprint density at radius 2 is 0.948 bits per heavy atom. The predicted molar refractivity (Wildman–Crippen MR) is 388 cm³/mol. The van der Waals surface area contributed by atoms with Gasteiger partial charge in [0.2, 0.25) is 0 Å². The van der Waals surface area contributed by atoms with Gasteiger partial charge in [-0.05, 0) is 93.1 Å². The number of hydrogen-bond donors (Lipinski definition) is 1. The van der Waals surface area contributed by atoms with Crippen LogP contribution in [0.25, 0.3) is 0 Å². The maximum absolute atomic E-state index is 4.62. The zero-order chi connectivity index (χ0) is 75.6. The van der Waals surface area contributed by atoms with E-state index in [2.05, 4.69) is 341 Å². The van der Waals surface area contributed by atoms with Crippen LogP contribution in [0.2, 0.25) is 0 Å². The summed E-state index contributed by atoms with van der Waals surface area (Å²) in [6, 6.07) is 7.21. The standard InChI is InChI=1S/C5H8N2S.C4H7N3O.C4H7N3S.C4H4N2.8C4H10.C3H4N2.2C3H3NO.2C2H2N2O.CHN3O.CHN3S/c1-4(2)5-3-6-8-7-5;2*1-3(2)4-5-6-7-8-4;1-2-4-6-5-3-1;8*1-4(2)3;1-2-4-5-3-1;1-2-5-3-4-1;1-2-4-5-3-1;1-2-5-4-3-1;3*1-2-4-5-3-1/h3-4H,1-2H3;2*3H,1-2H3;1-4H;8*4H,1-3H3;1-3H,(H,4,5);2*1-3H;2*1-2H;2*1H. The largest absolute Gasteiger partial charge is 0.452 e. The van der Waals surface area contributed by atoms with E-state index < -0.39 is 0 Å². The van der Waals surface area contributed by atoms with Crippen LogP contribution >= 0.6 is 35.0 Å². The minimum Gasteiger partial charge on any atom is -0.452 e. The second kappa shape index (κ2) is 87.7. The fourth-order valence-corrected chi connectivity index (χ4v) is 3.66. The van der Waals surface area contributed by atoms with E-state index in [1.165, 1.54) is 79.7 Å². The second-order valence-electron chi connectivity index (χ2n) is 24.8. The molecule has 0 saturated heterocycles. The van der Waals surface area contributed by atoms with Crippen molar-refractivity contribution in [1.29, 1.82) is 0 Å². The lowest BCUT2D eigenvalue weighted by Gasteiger charge is -1.92. The van der Waals surface area contributed by atoms with E-state index in [-0.39, 0.29) is 5.92 Å². The summed E-state index contributed by atoms with van der Waals surface area (Å²) in [5.41, 5.74) is 1.09. The van der Waals surface area contributed by atoms with Crippen LogP contribution < -0.4 is 0 Å². The van der Waals surface area contributed by atoms with Crippen molar-refractivity contribution >= 4 is 35.0 Å². The maximum Gasteiger partial charge on any atom is 0.250 e. The van der Waals surface area contributed by atoms with Crippen LogP contribution in [0, 0.1) is 47.3 Å². The first kappa shape index (κ1) is 105. The molecule has 0 aliphatic carbocycles. The summed E-state index contributed by atoms with van der Waals surface area (Å²) in [5, 5.41) is 60.5. The molecular weight excluding hydrogens is 1300 g/mol. The van der Waals surface area contributed by atoms with Crippen LogP contribution in [0.4, 0.5) is 0 Å². The first-order valence-electron chi connectivity index (χ1n) is 31.7. The van der Waals surface area contributed by atoms with E-state index in [1.807, 2.05) is 38.2 Å². The highest BCUT2D eigenvalue weighted by atomic mass is 32.1. The number of aromatic amines is 1. The number of nitrogens with one attached hydrogen (secondary N) is 1. The maximum atomic E-state index is 4.62. The van der Waals surface area contributed by atoms with Crippen LogP contribution in [0.15, 0.2) is 151 Å². The van der Waals surface area contributed by atoms with E-state index >= 15 is 0 Å². The third kappa shape index (κ3) is 149. The molecule has 11 aromatic rings. The Kier molecular flexibility index (Phi) is 94.7. The summed E-state index contributed by atoms with van der Waals surface area (Å²) < 4.78 is 44.2. The average Bonchev–Trinajstić information content (AvgIpc) is 2.06. The lowest BCUT2D eigenvalue weighted by atomic mass is 10.2. The first-order valence-corrected chi connectivity index (χ1v) is 34.0. The van der Waals surface area contributed by atoms with Crippen LogP contribution in [0.1, 0.15) is 242 Å². The molecule has 97 heavy (non-hydrogen) atoms. The zero-order valence-electron chi connectivity index (χ0n) is 63.9. The number of oxazole rings is 1. The third-order valence-corrected chi connectivity index (χ3v) is 6.94. The van der Waals surface area contributed by atoms with Crippen LogP contribution in [0.5, 0.6) is 0 Å². The number of H-pyrrole nitrogens is 1. The molecule has 0 amide bonds. The van der Waals surface area contributed by atoms with Gasteiger partial charge in [0.05, 0.1) is 76.9 Å². The topological polar surface area (TPSA) is 391 Å². The fraction of sp³-hybridized carbons (Fsp3) is 0.641. The van der Waals surface area contributed by atoms with Crippen molar-refractivity contribution < 1.29 is 27.2 Å². The minimum absolute atomic E-state index is 0.282. The minimum atomic E-state index is 0.282. The molecule has 0 atom stereocenters. The van der Waals surface area contributed by atoms with E-state index in [0.29, 0.717) is 17.7 Å². The van der Waals surface area contributed by atoms with Crippen molar-refractivity contribution in [2.45, 2.75) is 225 Å². The van der Waals surface area contributed by atoms with Crippen LogP contribution in [0.3, 0.4) is 0 Å². The van der Waals surface area contributed by atoms with Gasteiger partial charge in [-0.25, -0.2) is 14.2 Å². The number of aromatic nitrogens is 24. The fourth-order valence-electron chi connectivity index (χ4n) is 2.45. The molecule has 0 unspecified atom stereocenters.